The smallest absolute Gasteiger partial charge is 0.222 e. The number of nitrogens with zero attached hydrogens (tertiary/aromatic N) is 1. The van der Waals surface area contributed by atoms with Crippen LogP contribution in [0.5, 0.6) is 0 Å². The lowest BCUT2D eigenvalue weighted by atomic mass is 10.3. The molecule has 98 valence electrons. The van der Waals surface area contributed by atoms with Gasteiger partial charge in [-0.2, -0.15) is 0 Å². The van der Waals surface area contributed by atoms with Crippen LogP contribution in [0.1, 0.15) is 25.7 Å². The van der Waals surface area contributed by atoms with Crippen molar-refractivity contribution in [3.63, 3.8) is 0 Å². The van der Waals surface area contributed by atoms with Crippen molar-refractivity contribution >= 4 is 16.7 Å². The molecule has 0 N–H and O–H groups in total. The number of amides is 1. The molecule has 1 saturated heterocycles. The Labute approximate surface area is 111 Å². The van der Waals surface area contributed by atoms with Crippen molar-refractivity contribution in [2.24, 2.45) is 0 Å². The van der Waals surface area contributed by atoms with Crippen molar-refractivity contribution in [2.45, 2.75) is 30.6 Å². The van der Waals surface area contributed by atoms with Gasteiger partial charge in [-0.3, -0.25) is 9.00 Å². The first-order valence-corrected chi connectivity index (χ1v) is 7.80. The second-order valence-corrected chi connectivity index (χ2v) is 6.12. The predicted octanol–water partition coefficient (Wildman–Crippen LogP) is 2.20. The number of benzene rings is 1. The van der Waals surface area contributed by atoms with E-state index in [0.29, 0.717) is 12.2 Å². The van der Waals surface area contributed by atoms with E-state index >= 15 is 0 Å². The van der Waals surface area contributed by atoms with E-state index in [9.17, 15) is 9.00 Å². The number of hydrogen-bond acceptors (Lipinski definition) is 2. The highest BCUT2D eigenvalue weighted by atomic mass is 32.2. The van der Waals surface area contributed by atoms with Crippen LogP contribution < -0.4 is 0 Å². The van der Waals surface area contributed by atoms with Crippen molar-refractivity contribution in [1.82, 2.24) is 4.90 Å². The first kappa shape index (κ1) is 13.3. The van der Waals surface area contributed by atoms with Gasteiger partial charge in [-0.1, -0.05) is 18.2 Å². The molecule has 3 nitrogen and oxygen atoms in total. The summed E-state index contributed by atoms with van der Waals surface area (Å²) < 4.78 is 11.9. The summed E-state index contributed by atoms with van der Waals surface area (Å²) in [5, 5.41) is 0. The Balaban J connectivity index is 1.66. The van der Waals surface area contributed by atoms with Crippen LogP contribution in [0, 0.1) is 0 Å². The summed E-state index contributed by atoms with van der Waals surface area (Å²) in [6.45, 7) is 1.73. The molecule has 18 heavy (non-hydrogen) atoms. The molecule has 0 spiro atoms. The molecule has 1 unspecified atom stereocenters. The zero-order chi connectivity index (χ0) is 12.8. The zero-order valence-electron chi connectivity index (χ0n) is 10.5. The number of rotatable bonds is 6. The fourth-order valence-corrected chi connectivity index (χ4v) is 3.33. The predicted molar refractivity (Wildman–Crippen MR) is 72.8 cm³/mol. The Morgan fingerprint density at radius 1 is 1.17 bits per heavy atom. The summed E-state index contributed by atoms with van der Waals surface area (Å²) in [6.07, 6.45) is 3.56. The lowest BCUT2D eigenvalue weighted by Gasteiger charge is -2.14. The molecular weight excluding hydrogens is 246 g/mol. The Bertz CT molecular complexity index is 419. The molecule has 1 atom stereocenters. The molecule has 0 aromatic heterocycles. The van der Waals surface area contributed by atoms with Gasteiger partial charge in [0.1, 0.15) is 0 Å². The Morgan fingerprint density at radius 3 is 2.61 bits per heavy atom. The van der Waals surface area contributed by atoms with E-state index in [1.807, 2.05) is 35.2 Å². The lowest BCUT2D eigenvalue weighted by molar-refractivity contribution is -0.127. The standard InChI is InChI=1S/C14H19NO2S/c16-14-9-6-11-15(14)10-4-5-12-18(17)13-7-2-1-3-8-13/h1-3,7-8H,4-6,9-12H2. The van der Waals surface area contributed by atoms with Crippen molar-refractivity contribution in [3.8, 4) is 0 Å². The number of carbonyl (C=O) groups is 1. The SMILES string of the molecule is O=C1CCCN1CCCCS(=O)c1ccccc1. The van der Waals surface area contributed by atoms with Gasteiger partial charge in [0.25, 0.3) is 0 Å². The minimum Gasteiger partial charge on any atom is -0.343 e. The molecule has 0 radical (unpaired) electrons. The topological polar surface area (TPSA) is 37.4 Å². The second-order valence-electron chi connectivity index (χ2n) is 4.55. The van der Waals surface area contributed by atoms with Crippen molar-refractivity contribution in [3.05, 3.63) is 30.3 Å². The molecule has 1 aromatic rings. The molecular formula is C14H19NO2S. The summed E-state index contributed by atoms with van der Waals surface area (Å²) in [5.41, 5.74) is 0. The van der Waals surface area contributed by atoms with Gasteiger partial charge in [-0.15, -0.1) is 0 Å². The third-order valence-corrected chi connectivity index (χ3v) is 4.64. The molecule has 1 heterocycles. The van der Waals surface area contributed by atoms with E-state index in [1.54, 1.807) is 0 Å². The molecule has 1 fully saturated rings. The van der Waals surface area contributed by atoms with Crippen LogP contribution in [0.2, 0.25) is 0 Å². The molecule has 1 aliphatic heterocycles. The lowest BCUT2D eigenvalue weighted by Crippen LogP contribution is -2.25. The number of carbonyl (C=O) groups excluding carboxylic acids is 1. The first-order chi connectivity index (χ1) is 8.77. The van der Waals surface area contributed by atoms with E-state index in [2.05, 4.69) is 0 Å². The van der Waals surface area contributed by atoms with Gasteiger partial charge in [0.2, 0.25) is 5.91 Å². The normalized spacial score (nSPS) is 17.1. The molecule has 1 aliphatic rings. The van der Waals surface area contributed by atoms with Crippen LogP contribution in [0.4, 0.5) is 0 Å². The molecule has 2 rings (SSSR count). The van der Waals surface area contributed by atoms with Crippen LogP contribution in [-0.4, -0.2) is 33.9 Å². The summed E-state index contributed by atoms with van der Waals surface area (Å²) >= 11 is 0. The van der Waals surface area contributed by atoms with E-state index in [-0.39, 0.29) is 5.91 Å². The maximum atomic E-state index is 11.9. The largest absolute Gasteiger partial charge is 0.343 e. The van der Waals surface area contributed by atoms with Gasteiger partial charge >= 0.3 is 0 Å². The fourth-order valence-electron chi connectivity index (χ4n) is 2.17. The molecule has 0 aliphatic carbocycles. The highest BCUT2D eigenvalue weighted by Gasteiger charge is 2.18. The van der Waals surface area contributed by atoms with Gasteiger partial charge in [0.05, 0.1) is 10.8 Å². The molecule has 1 aromatic carbocycles. The van der Waals surface area contributed by atoms with Crippen LogP contribution in [0.3, 0.4) is 0 Å². The molecule has 0 saturated carbocycles. The maximum Gasteiger partial charge on any atom is 0.222 e. The average molecular weight is 265 g/mol. The first-order valence-electron chi connectivity index (χ1n) is 6.48. The van der Waals surface area contributed by atoms with E-state index in [4.69, 9.17) is 0 Å². The highest BCUT2D eigenvalue weighted by molar-refractivity contribution is 7.85. The highest BCUT2D eigenvalue weighted by Crippen LogP contribution is 2.12. The van der Waals surface area contributed by atoms with Gasteiger partial charge in [-0.05, 0) is 31.4 Å². The summed E-state index contributed by atoms with van der Waals surface area (Å²) in [4.78, 5) is 14.2. The molecule has 0 bridgehead atoms. The minimum atomic E-state index is -0.899. The number of unbranched alkanes of at least 4 members (excludes halogenated alkanes) is 1. The summed E-state index contributed by atoms with van der Waals surface area (Å²) in [6, 6.07) is 9.56. The van der Waals surface area contributed by atoms with Crippen molar-refractivity contribution < 1.29 is 9.00 Å². The van der Waals surface area contributed by atoms with Crippen LogP contribution in [-0.2, 0) is 15.6 Å². The van der Waals surface area contributed by atoms with Crippen molar-refractivity contribution in [1.29, 1.82) is 0 Å². The van der Waals surface area contributed by atoms with Gasteiger partial charge in [-0.25, -0.2) is 0 Å². The zero-order valence-corrected chi connectivity index (χ0v) is 11.3. The maximum absolute atomic E-state index is 11.9. The summed E-state index contributed by atoms with van der Waals surface area (Å²) in [5.74, 6) is 0.964. The molecule has 1 amide bonds. The van der Waals surface area contributed by atoms with E-state index < -0.39 is 10.8 Å². The van der Waals surface area contributed by atoms with E-state index in [1.165, 1.54) is 0 Å². The van der Waals surface area contributed by atoms with E-state index in [0.717, 1.165) is 37.2 Å². The van der Waals surface area contributed by atoms with Gasteiger partial charge in [0, 0.05) is 30.2 Å². The molecule has 4 heteroatoms. The van der Waals surface area contributed by atoms with Crippen LogP contribution in [0.15, 0.2) is 35.2 Å². The van der Waals surface area contributed by atoms with Gasteiger partial charge in [0.15, 0.2) is 0 Å². The third-order valence-electron chi connectivity index (χ3n) is 3.19. The Kier molecular flexibility index (Phi) is 4.93. The average Bonchev–Trinajstić information content (AvgIpc) is 2.81. The monoisotopic (exact) mass is 265 g/mol. The quantitative estimate of drug-likeness (QED) is 0.739. The number of likely N-dealkylation sites (tertiary alicyclic amines) is 1. The third kappa shape index (κ3) is 3.67. The fraction of sp³-hybridized carbons (Fsp3) is 0.500. The Morgan fingerprint density at radius 2 is 1.94 bits per heavy atom. The second kappa shape index (κ2) is 6.69. The van der Waals surface area contributed by atoms with Gasteiger partial charge < -0.3 is 4.90 Å². The van der Waals surface area contributed by atoms with Crippen LogP contribution >= 0.6 is 0 Å². The minimum absolute atomic E-state index is 0.277. The summed E-state index contributed by atoms with van der Waals surface area (Å²) in [7, 11) is -0.899. The number of hydrogen-bond donors (Lipinski definition) is 0. The Hall–Kier alpha value is -1.16. The van der Waals surface area contributed by atoms with Crippen LogP contribution in [0.25, 0.3) is 0 Å². The van der Waals surface area contributed by atoms with Crippen molar-refractivity contribution in [2.75, 3.05) is 18.8 Å².